The minimum atomic E-state index is -2.06. The van der Waals surface area contributed by atoms with Crippen LogP contribution in [0.15, 0.2) is 12.0 Å². The second kappa shape index (κ2) is 16.9. The van der Waals surface area contributed by atoms with Gasteiger partial charge in [-0.25, -0.2) is 0 Å². The van der Waals surface area contributed by atoms with Gasteiger partial charge in [-0.15, -0.1) is 22.2 Å². The van der Waals surface area contributed by atoms with Crippen molar-refractivity contribution in [2.24, 2.45) is 0 Å². The summed E-state index contributed by atoms with van der Waals surface area (Å²) in [5.41, 5.74) is 0. The Bertz CT molecular complexity index is 381. The summed E-state index contributed by atoms with van der Waals surface area (Å²) < 4.78 is 38.5. The Morgan fingerprint density at radius 2 is 1.37 bits per heavy atom. The maximum atomic E-state index is 6.08. The Balaban J connectivity index is 2.29. The molecular formula is C17H32Cl2O7Si. The summed E-state index contributed by atoms with van der Waals surface area (Å²) in [4.78, 5) is 0. The maximum absolute atomic E-state index is 6.08. The van der Waals surface area contributed by atoms with Crippen molar-refractivity contribution in [2.45, 2.75) is 19.0 Å². The van der Waals surface area contributed by atoms with Crippen molar-refractivity contribution >= 4 is 28.9 Å². The Kier molecular flexibility index (Phi) is 15.6. The third kappa shape index (κ3) is 17.7. The molecule has 0 aromatic carbocycles. The van der Waals surface area contributed by atoms with Gasteiger partial charge in [0.1, 0.15) is 26.1 Å². The molecule has 0 atom stereocenters. The van der Waals surface area contributed by atoms with E-state index in [1.807, 2.05) is 6.55 Å². The summed E-state index contributed by atoms with van der Waals surface area (Å²) in [6.45, 7) is 5.68. The molecule has 27 heavy (non-hydrogen) atoms. The molecule has 0 amide bonds. The summed E-state index contributed by atoms with van der Waals surface area (Å²) in [6.07, 6.45) is 2.39. The molecule has 1 aliphatic rings. The fourth-order valence-electron chi connectivity index (χ4n) is 2.02. The van der Waals surface area contributed by atoms with Crippen molar-refractivity contribution in [1.29, 1.82) is 0 Å². The molecule has 0 N–H and O–H groups in total. The van der Waals surface area contributed by atoms with Gasteiger partial charge in [-0.2, -0.15) is 0 Å². The molecule has 0 saturated heterocycles. The molecule has 0 unspecified atom stereocenters. The topological polar surface area (TPSA) is 64.6 Å². The van der Waals surface area contributed by atoms with Crippen LogP contribution in [0.5, 0.6) is 0 Å². The zero-order valence-electron chi connectivity index (χ0n) is 16.1. The molecule has 0 spiro atoms. The molecule has 1 rings (SSSR count). The second-order valence-electron chi connectivity index (χ2n) is 5.98. The van der Waals surface area contributed by atoms with Gasteiger partial charge in [-0.1, -0.05) is 0 Å². The Morgan fingerprint density at radius 1 is 0.852 bits per heavy atom. The minimum Gasteiger partial charge on any atom is -0.495 e. The van der Waals surface area contributed by atoms with Crippen molar-refractivity contribution in [3.05, 3.63) is 12.0 Å². The standard InChI is InChI=1S/C17H32Cl2O7Si/c1-27(18,19)14-2-3-24-15-17-16-25-11-10-22-7-6-20-4-5-21-8-9-23-12-13-26-17/h16H,2-15H2,1H3/b17-16-. The van der Waals surface area contributed by atoms with Crippen molar-refractivity contribution < 1.29 is 33.2 Å². The van der Waals surface area contributed by atoms with E-state index in [-0.39, 0.29) is 0 Å². The summed E-state index contributed by atoms with van der Waals surface area (Å²) in [7, 11) is 0. The van der Waals surface area contributed by atoms with Gasteiger partial charge >= 0.3 is 0 Å². The first-order valence-electron chi connectivity index (χ1n) is 9.28. The summed E-state index contributed by atoms with van der Waals surface area (Å²) >= 11 is 12.2. The quantitative estimate of drug-likeness (QED) is 0.353. The lowest BCUT2D eigenvalue weighted by atomic mass is 10.5. The monoisotopic (exact) mass is 446 g/mol. The van der Waals surface area contributed by atoms with Crippen LogP contribution in [0.2, 0.25) is 12.6 Å². The third-order valence-electron chi connectivity index (χ3n) is 3.34. The first kappa shape index (κ1) is 25.0. The summed E-state index contributed by atoms with van der Waals surface area (Å²) in [5.74, 6) is 0.607. The van der Waals surface area contributed by atoms with E-state index in [1.165, 1.54) is 0 Å². The smallest absolute Gasteiger partial charge is 0.248 e. The first-order chi connectivity index (χ1) is 13.1. The lowest BCUT2D eigenvalue weighted by molar-refractivity contribution is -0.0158. The molecule has 160 valence electrons. The highest BCUT2D eigenvalue weighted by Crippen LogP contribution is 2.21. The molecule has 10 heteroatoms. The molecule has 0 aromatic rings. The zero-order valence-corrected chi connectivity index (χ0v) is 18.6. The van der Waals surface area contributed by atoms with Crippen LogP contribution in [0, 0.1) is 0 Å². The van der Waals surface area contributed by atoms with Gasteiger partial charge in [0.25, 0.3) is 0 Å². The van der Waals surface area contributed by atoms with Gasteiger partial charge in [0.2, 0.25) is 6.69 Å². The predicted molar refractivity (Wildman–Crippen MR) is 107 cm³/mol. The Morgan fingerprint density at radius 3 is 1.93 bits per heavy atom. The first-order valence-corrected chi connectivity index (χ1v) is 14.0. The van der Waals surface area contributed by atoms with E-state index in [1.54, 1.807) is 6.26 Å². The molecule has 0 bridgehead atoms. The van der Waals surface area contributed by atoms with Gasteiger partial charge in [-0.3, -0.25) is 0 Å². The summed E-state index contributed by atoms with van der Waals surface area (Å²) in [5, 5.41) is 0. The molecule has 1 heterocycles. The van der Waals surface area contributed by atoms with Crippen LogP contribution in [0.25, 0.3) is 0 Å². The van der Waals surface area contributed by atoms with Crippen molar-refractivity contribution in [2.75, 3.05) is 79.3 Å². The number of hydrogen-bond donors (Lipinski definition) is 0. The number of ether oxygens (including phenoxy) is 7. The van der Waals surface area contributed by atoms with Gasteiger partial charge in [0.05, 0.1) is 52.9 Å². The molecule has 1 aliphatic heterocycles. The minimum absolute atomic E-state index is 0.320. The van der Waals surface area contributed by atoms with E-state index in [0.29, 0.717) is 85.0 Å². The van der Waals surface area contributed by atoms with E-state index >= 15 is 0 Å². The van der Waals surface area contributed by atoms with E-state index in [9.17, 15) is 0 Å². The van der Waals surface area contributed by atoms with Crippen LogP contribution in [-0.4, -0.2) is 86.0 Å². The Hall–Kier alpha value is -0.0631. The van der Waals surface area contributed by atoms with Crippen LogP contribution in [-0.2, 0) is 33.2 Å². The second-order valence-corrected chi connectivity index (χ2v) is 14.2. The largest absolute Gasteiger partial charge is 0.495 e. The van der Waals surface area contributed by atoms with Crippen LogP contribution < -0.4 is 0 Å². The number of halogens is 2. The maximum Gasteiger partial charge on any atom is 0.248 e. The van der Waals surface area contributed by atoms with Gasteiger partial charge < -0.3 is 33.2 Å². The van der Waals surface area contributed by atoms with Crippen LogP contribution >= 0.6 is 22.2 Å². The fourth-order valence-corrected chi connectivity index (χ4v) is 3.59. The van der Waals surface area contributed by atoms with Crippen molar-refractivity contribution in [1.82, 2.24) is 0 Å². The molecular weight excluding hydrogens is 415 g/mol. The lowest BCUT2D eigenvalue weighted by Gasteiger charge is -2.13. The third-order valence-corrected chi connectivity index (χ3v) is 5.71. The van der Waals surface area contributed by atoms with Crippen LogP contribution in [0.4, 0.5) is 0 Å². The molecule has 0 radical (unpaired) electrons. The van der Waals surface area contributed by atoms with E-state index in [0.717, 1.165) is 12.5 Å². The van der Waals surface area contributed by atoms with Gasteiger partial charge in [0.15, 0.2) is 5.76 Å². The van der Waals surface area contributed by atoms with Crippen molar-refractivity contribution in [3.8, 4) is 0 Å². The predicted octanol–water partition coefficient (Wildman–Crippen LogP) is 2.90. The van der Waals surface area contributed by atoms with Gasteiger partial charge in [-0.05, 0) is 19.0 Å². The molecule has 0 saturated carbocycles. The number of rotatable bonds is 6. The molecule has 7 nitrogen and oxygen atoms in total. The zero-order chi connectivity index (χ0) is 19.6. The van der Waals surface area contributed by atoms with Crippen molar-refractivity contribution in [3.63, 3.8) is 0 Å². The average molecular weight is 447 g/mol. The van der Waals surface area contributed by atoms with E-state index < -0.39 is 6.69 Å². The highest BCUT2D eigenvalue weighted by molar-refractivity contribution is 7.44. The SMILES string of the molecule is C[Si](Cl)(Cl)CCCOC/C1=C/OCCOCCOCCOCCOCCO1. The normalized spacial score (nSPS) is 21.8. The highest BCUT2D eigenvalue weighted by atomic mass is 35.7. The lowest BCUT2D eigenvalue weighted by Crippen LogP contribution is -2.15. The molecule has 0 fully saturated rings. The Labute approximate surface area is 172 Å². The fraction of sp³-hybridized carbons (Fsp3) is 0.882. The van der Waals surface area contributed by atoms with Crippen LogP contribution in [0.1, 0.15) is 6.42 Å². The van der Waals surface area contributed by atoms with E-state index in [2.05, 4.69) is 0 Å². The van der Waals surface area contributed by atoms with Crippen LogP contribution in [0.3, 0.4) is 0 Å². The summed E-state index contributed by atoms with van der Waals surface area (Å²) in [6, 6.07) is 0.795. The van der Waals surface area contributed by atoms with E-state index in [4.69, 9.17) is 55.3 Å². The molecule has 0 aromatic heterocycles. The number of hydrogen-bond acceptors (Lipinski definition) is 7. The average Bonchev–Trinajstić information content (AvgIpc) is 2.61. The highest BCUT2D eigenvalue weighted by Gasteiger charge is 2.19. The molecule has 0 aliphatic carbocycles. The van der Waals surface area contributed by atoms with Gasteiger partial charge in [0, 0.05) is 6.61 Å².